The van der Waals surface area contributed by atoms with Crippen molar-refractivity contribution < 1.29 is 24.5 Å². The lowest BCUT2D eigenvalue weighted by atomic mass is 9.88. The van der Waals surface area contributed by atoms with Gasteiger partial charge < -0.3 is 25.6 Å². The Morgan fingerprint density at radius 3 is 2.66 bits per heavy atom. The number of carboxylic acid groups (broad SMARTS) is 1. The standard InChI is InChI=1S/C27H27ClN2O5/c1-16(31)30-23-11-20(27(33)34)13-25(14-23)35-24-8-6-17-5-7-22(10-19(17)12-24)29-15-26(32)18-3-2-4-21(28)9-18/h2-4,6,8-9,11-14,22,26,29,32H,5,7,10,15H2,1H3,(H,30,31)(H,33,34)/t22-,26-/m0/s1. The average Bonchev–Trinajstić information content (AvgIpc) is 2.81. The van der Waals surface area contributed by atoms with Crippen LogP contribution in [0.2, 0.25) is 5.02 Å². The molecule has 3 aromatic carbocycles. The van der Waals surface area contributed by atoms with E-state index in [9.17, 15) is 19.8 Å². The highest BCUT2D eigenvalue weighted by Crippen LogP contribution is 2.31. The number of aliphatic hydroxyl groups is 1. The van der Waals surface area contributed by atoms with Crippen molar-refractivity contribution in [2.45, 2.75) is 38.3 Å². The summed E-state index contributed by atoms with van der Waals surface area (Å²) >= 11 is 6.03. The van der Waals surface area contributed by atoms with Gasteiger partial charge in [0, 0.05) is 36.3 Å². The molecule has 0 saturated carbocycles. The molecule has 0 radical (unpaired) electrons. The van der Waals surface area contributed by atoms with Crippen molar-refractivity contribution in [1.82, 2.24) is 5.32 Å². The number of rotatable bonds is 8. The summed E-state index contributed by atoms with van der Waals surface area (Å²) in [6.45, 7) is 1.78. The van der Waals surface area contributed by atoms with Gasteiger partial charge in [-0.05, 0) is 72.4 Å². The number of carboxylic acids is 1. The molecule has 182 valence electrons. The van der Waals surface area contributed by atoms with Crippen LogP contribution in [0.1, 0.15) is 46.5 Å². The SMILES string of the molecule is CC(=O)Nc1cc(Oc2ccc3c(c2)C[C@@H](NC[C@H](O)c2cccc(Cl)c2)CC3)cc(C(=O)O)c1. The fourth-order valence-electron chi connectivity index (χ4n) is 4.27. The number of carbonyl (C=O) groups is 2. The Morgan fingerprint density at radius 2 is 1.91 bits per heavy atom. The van der Waals surface area contributed by atoms with Crippen molar-refractivity contribution in [2.75, 3.05) is 11.9 Å². The van der Waals surface area contributed by atoms with E-state index in [2.05, 4.69) is 10.6 Å². The van der Waals surface area contributed by atoms with Crippen LogP contribution in [0.3, 0.4) is 0 Å². The number of halogens is 1. The first-order valence-corrected chi connectivity index (χ1v) is 11.8. The molecule has 0 bridgehead atoms. The predicted octanol–water partition coefficient (Wildman–Crippen LogP) is 4.97. The molecule has 0 saturated heterocycles. The van der Waals surface area contributed by atoms with E-state index in [1.807, 2.05) is 30.3 Å². The second-order valence-electron chi connectivity index (χ2n) is 8.68. The van der Waals surface area contributed by atoms with Gasteiger partial charge in [-0.15, -0.1) is 0 Å². The van der Waals surface area contributed by atoms with Crippen LogP contribution in [0.25, 0.3) is 0 Å². The zero-order valence-corrected chi connectivity index (χ0v) is 20.0. The van der Waals surface area contributed by atoms with Crippen molar-refractivity contribution >= 4 is 29.2 Å². The lowest BCUT2D eigenvalue weighted by molar-refractivity contribution is -0.114. The smallest absolute Gasteiger partial charge is 0.335 e. The Labute approximate surface area is 208 Å². The number of amides is 1. The number of aliphatic hydroxyl groups excluding tert-OH is 1. The van der Waals surface area contributed by atoms with E-state index < -0.39 is 12.1 Å². The fraction of sp³-hybridized carbons (Fsp3) is 0.259. The molecule has 4 N–H and O–H groups in total. The van der Waals surface area contributed by atoms with Crippen LogP contribution in [-0.2, 0) is 17.6 Å². The third kappa shape index (κ3) is 6.60. The molecule has 4 rings (SSSR count). The molecular formula is C27H27ClN2O5. The average molecular weight is 495 g/mol. The van der Waals surface area contributed by atoms with Crippen molar-refractivity contribution in [3.8, 4) is 11.5 Å². The summed E-state index contributed by atoms with van der Waals surface area (Å²) in [5.41, 5.74) is 3.53. The van der Waals surface area contributed by atoms with Crippen LogP contribution in [0, 0.1) is 0 Å². The van der Waals surface area contributed by atoms with E-state index >= 15 is 0 Å². The van der Waals surface area contributed by atoms with Crippen molar-refractivity contribution in [1.29, 1.82) is 0 Å². The van der Waals surface area contributed by atoms with E-state index in [0.717, 1.165) is 30.4 Å². The number of benzene rings is 3. The summed E-state index contributed by atoms with van der Waals surface area (Å²) < 4.78 is 5.97. The van der Waals surface area contributed by atoms with Crippen LogP contribution in [0.5, 0.6) is 11.5 Å². The zero-order valence-electron chi connectivity index (χ0n) is 19.3. The third-order valence-electron chi connectivity index (χ3n) is 5.95. The van der Waals surface area contributed by atoms with Gasteiger partial charge in [0.1, 0.15) is 11.5 Å². The largest absolute Gasteiger partial charge is 0.478 e. The zero-order chi connectivity index (χ0) is 24.9. The first-order valence-electron chi connectivity index (χ1n) is 11.4. The molecule has 1 aliphatic carbocycles. The van der Waals surface area contributed by atoms with Gasteiger partial charge in [0.15, 0.2) is 0 Å². The predicted molar refractivity (Wildman–Crippen MR) is 134 cm³/mol. The highest BCUT2D eigenvalue weighted by atomic mass is 35.5. The molecule has 7 nitrogen and oxygen atoms in total. The molecule has 1 amide bonds. The molecule has 0 unspecified atom stereocenters. The van der Waals surface area contributed by atoms with Gasteiger partial charge in [0.2, 0.25) is 5.91 Å². The number of hydrogen-bond donors (Lipinski definition) is 4. The summed E-state index contributed by atoms with van der Waals surface area (Å²) in [4.78, 5) is 22.9. The maximum Gasteiger partial charge on any atom is 0.335 e. The molecule has 0 aliphatic heterocycles. The molecular weight excluding hydrogens is 468 g/mol. The summed E-state index contributed by atoms with van der Waals surface area (Å²) in [7, 11) is 0. The quantitative estimate of drug-likeness (QED) is 0.352. The van der Waals surface area contributed by atoms with Gasteiger partial charge in [-0.2, -0.15) is 0 Å². The number of aryl methyl sites for hydroxylation is 1. The minimum atomic E-state index is -1.11. The highest BCUT2D eigenvalue weighted by molar-refractivity contribution is 6.30. The van der Waals surface area contributed by atoms with E-state index in [1.165, 1.54) is 24.6 Å². The first-order chi connectivity index (χ1) is 16.8. The second-order valence-corrected chi connectivity index (χ2v) is 9.12. The minimum Gasteiger partial charge on any atom is -0.478 e. The van der Waals surface area contributed by atoms with Gasteiger partial charge in [-0.25, -0.2) is 4.79 Å². The van der Waals surface area contributed by atoms with Gasteiger partial charge in [-0.3, -0.25) is 4.79 Å². The number of nitrogens with one attached hydrogen (secondary N) is 2. The van der Waals surface area contributed by atoms with E-state index in [0.29, 0.717) is 28.8 Å². The van der Waals surface area contributed by atoms with Crippen LogP contribution >= 0.6 is 11.6 Å². The summed E-state index contributed by atoms with van der Waals surface area (Å²) in [5.74, 6) is -0.504. The number of ether oxygens (including phenoxy) is 1. The van der Waals surface area contributed by atoms with E-state index in [-0.39, 0.29) is 17.5 Å². The lowest BCUT2D eigenvalue weighted by Crippen LogP contribution is -2.37. The molecule has 0 spiro atoms. The molecule has 0 aromatic heterocycles. The Balaban J connectivity index is 1.44. The Kier molecular flexibility index (Phi) is 7.70. The molecule has 1 aliphatic rings. The summed E-state index contributed by atoms with van der Waals surface area (Å²) in [5, 5.41) is 26.6. The normalized spacial score (nSPS) is 15.7. The topological polar surface area (TPSA) is 108 Å². The summed E-state index contributed by atoms with van der Waals surface area (Å²) in [6.07, 6.45) is 1.99. The lowest BCUT2D eigenvalue weighted by Gasteiger charge is -2.27. The second kappa shape index (κ2) is 10.9. The number of anilines is 1. The van der Waals surface area contributed by atoms with Gasteiger partial charge in [-0.1, -0.05) is 29.8 Å². The molecule has 3 aromatic rings. The molecule has 8 heteroatoms. The molecule has 0 fully saturated rings. The number of carbonyl (C=O) groups excluding carboxylic acids is 1. The minimum absolute atomic E-state index is 0.0201. The first kappa shape index (κ1) is 24.7. The number of aromatic carboxylic acids is 1. The maximum atomic E-state index is 11.5. The Hall–Kier alpha value is -3.39. The van der Waals surface area contributed by atoms with Crippen LogP contribution in [-0.4, -0.2) is 34.7 Å². The van der Waals surface area contributed by atoms with Crippen LogP contribution < -0.4 is 15.4 Å². The highest BCUT2D eigenvalue weighted by Gasteiger charge is 2.20. The maximum absolute atomic E-state index is 11.5. The monoisotopic (exact) mass is 494 g/mol. The van der Waals surface area contributed by atoms with Gasteiger partial charge in [0.25, 0.3) is 0 Å². The Morgan fingerprint density at radius 1 is 1.09 bits per heavy atom. The Bertz CT molecular complexity index is 1250. The van der Waals surface area contributed by atoms with Crippen molar-refractivity contribution in [3.63, 3.8) is 0 Å². The molecule has 2 atom stereocenters. The molecule has 35 heavy (non-hydrogen) atoms. The summed E-state index contributed by atoms with van der Waals surface area (Å²) in [6, 6.07) is 17.7. The van der Waals surface area contributed by atoms with Gasteiger partial charge >= 0.3 is 5.97 Å². The van der Waals surface area contributed by atoms with E-state index in [4.69, 9.17) is 16.3 Å². The van der Waals surface area contributed by atoms with Crippen molar-refractivity contribution in [2.24, 2.45) is 0 Å². The third-order valence-corrected chi connectivity index (χ3v) is 6.18. The number of fused-ring (bicyclic) bond motifs is 1. The van der Waals surface area contributed by atoms with Crippen LogP contribution in [0.15, 0.2) is 60.7 Å². The van der Waals surface area contributed by atoms with Crippen LogP contribution in [0.4, 0.5) is 5.69 Å². The number of hydrogen-bond acceptors (Lipinski definition) is 5. The molecule has 0 heterocycles. The van der Waals surface area contributed by atoms with Gasteiger partial charge in [0.05, 0.1) is 11.7 Å². The fourth-order valence-corrected chi connectivity index (χ4v) is 4.47. The van der Waals surface area contributed by atoms with Crippen molar-refractivity contribution in [3.05, 3.63) is 87.9 Å². The van der Waals surface area contributed by atoms with E-state index in [1.54, 1.807) is 18.2 Å².